The van der Waals surface area contributed by atoms with Crippen LogP contribution in [0.5, 0.6) is 5.75 Å². The average molecular weight is 415 g/mol. The molecule has 4 nitrogen and oxygen atoms in total. The Hall–Kier alpha value is -3.50. The normalized spacial score (nSPS) is 11.2. The molecule has 0 bridgehead atoms. The molecule has 0 unspecified atom stereocenters. The van der Waals surface area contributed by atoms with Gasteiger partial charge in [-0.1, -0.05) is 47.5 Å². The number of aryl methyl sites for hydroxylation is 2. The van der Waals surface area contributed by atoms with Gasteiger partial charge in [0, 0.05) is 28.4 Å². The third-order valence-electron chi connectivity index (χ3n) is 4.60. The standard InChI is InChI=1S/C25H19ClN2O2/c1-16-7-12-23-21(13-16)24(14-17(2)28-23)30-25(29)20-5-3-4-6-22(20)27-15-18-8-10-19(26)11-9-18/h3-15H,1-2H3. The van der Waals surface area contributed by atoms with E-state index < -0.39 is 5.97 Å². The molecule has 30 heavy (non-hydrogen) atoms. The Labute approximate surface area is 179 Å². The van der Waals surface area contributed by atoms with E-state index in [0.29, 0.717) is 22.0 Å². The predicted molar refractivity (Wildman–Crippen MR) is 121 cm³/mol. The summed E-state index contributed by atoms with van der Waals surface area (Å²) in [6.07, 6.45) is 1.69. The van der Waals surface area contributed by atoms with E-state index in [4.69, 9.17) is 16.3 Å². The molecule has 0 fully saturated rings. The van der Waals surface area contributed by atoms with Crippen molar-refractivity contribution in [1.29, 1.82) is 0 Å². The molecule has 4 rings (SSSR count). The number of nitrogens with zero attached hydrogens (tertiary/aromatic N) is 2. The van der Waals surface area contributed by atoms with Crippen LogP contribution in [-0.2, 0) is 0 Å². The molecule has 0 amide bonds. The lowest BCUT2D eigenvalue weighted by Gasteiger charge is -2.10. The fourth-order valence-electron chi connectivity index (χ4n) is 3.13. The Bertz CT molecular complexity index is 1260. The van der Waals surface area contributed by atoms with Gasteiger partial charge >= 0.3 is 5.97 Å². The van der Waals surface area contributed by atoms with Crippen LogP contribution in [0, 0.1) is 13.8 Å². The third kappa shape index (κ3) is 4.39. The van der Waals surface area contributed by atoms with Crippen LogP contribution in [0.3, 0.4) is 0 Å². The predicted octanol–water partition coefficient (Wildman–Crippen LogP) is 6.47. The Morgan fingerprint density at radius 2 is 1.77 bits per heavy atom. The van der Waals surface area contributed by atoms with Gasteiger partial charge in [-0.05, 0) is 55.8 Å². The van der Waals surface area contributed by atoms with Crippen LogP contribution >= 0.6 is 11.6 Å². The van der Waals surface area contributed by atoms with E-state index >= 15 is 0 Å². The van der Waals surface area contributed by atoms with Crippen molar-refractivity contribution in [3.05, 3.63) is 100 Å². The van der Waals surface area contributed by atoms with E-state index in [1.807, 2.05) is 50.2 Å². The minimum absolute atomic E-state index is 0.387. The highest BCUT2D eigenvalue weighted by Gasteiger charge is 2.15. The minimum atomic E-state index is -0.465. The van der Waals surface area contributed by atoms with Crippen LogP contribution in [0.2, 0.25) is 5.02 Å². The van der Waals surface area contributed by atoms with Crippen molar-refractivity contribution in [2.75, 3.05) is 0 Å². The molecular formula is C25H19ClN2O2. The molecule has 0 atom stereocenters. The van der Waals surface area contributed by atoms with Crippen LogP contribution in [0.1, 0.15) is 27.2 Å². The van der Waals surface area contributed by atoms with Gasteiger partial charge < -0.3 is 4.74 Å². The number of esters is 1. The van der Waals surface area contributed by atoms with Gasteiger partial charge in [-0.15, -0.1) is 0 Å². The highest BCUT2D eigenvalue weighted by molar-refractivity contribution is 6.30. The van der Waals surface area contributed by atoms with Gasteiger partial charge in [0.1, 0.15) is 5.75 Å². The summed E-state index contributed by atoms with van der Waals surface area (Å²) in [6.45, 7) is 3.87. The molecule has 1 heterocycles. The van der Waals surface area contributed by atoms with Crippen LogP contribution in [0.4, 0.5) is 5.69 Å². The van der Waals surface area contributed by atoms with Gasteiger partial charge in [0.25, 0.3) is 0 Å². The second-order valence-electron chi connectivity index (χ2n) is 7.00. The Balaban J connectivity index is 1.66. The van der Waals surface area contributed by atoms with E-state index in [-0.39, 0.29) is 0 Å². The van der Waals surface area contributed by atoms with Crippen molar-refractivity contribution >= 4 is 40.4 Å². The zero-order valence-corrected chi connectivity index (χ0v) is 17.4. The summed E-state index contributed by atoms with van der Waals surface area (Å²) < 4.78 is 5.79. The minimum Gasteiger partial charge on any atom is -0.422 e. The van der Waals surface area contributed by atoms with Crippen LogP contribution in [-0.4, -0.2) is 17.2 Å². The second-order valence-corrected chi connectivity index (χ2v) is 7.44. The van der Waals surface area contributed by atoms with Gasteiger partial charge in [0.05, 0.1) is 16.8 Å². The molecule has 0 aliphatic carbocycles. The number of para-hydroxylation sites is 1. The number of carbonyl (C=O) groups excluding carboxylic acids is 1. The third-order valence-corrected chi connectivity index (χ3v) is 4.86. The van der Waals surface area contributed by atoms with Gasteiger partial charge in [0.2, 0.25) is 0 Å². The molecule has 0 aliphatic rings. The quantitative estimate of drug-likeness (QED) is 0.284. The number of rotatable bonds is 4. The fourth-order valence-corrected chi connectivity index (χ4v) is 3.25. The van der Waals surface area contributed by atoms with Gasteiger partial charge in [0.15, 0.2) is 0 Å². The molecule has 0 N–H and O–H groups in total. The van der Waals surface area contributed by atoms with Crippen molar-refractivity contribution in [3.63, 3.8) is 0 Å². The number of aromatic nitrogens is 1. The molecule has 0 radical (unpaired) electrons. The monoisotopic (exact) mass is 414 g/mol. The highest BCUT2D eigenvalue weighted by Crippen LogP contribution is 2.28. The van der Waals surface area contributed by atoms with Crippen molar-refractivity contribution in [3.8, 4) is 5.75 Å². The number of pyridine rings is 1. The van der Waals surface area contributed by atoms with Crippen LogP contribution in [0.15, 0.2) is 77.8 Å². The first kappa shape index (κ1) is 19.8. The van der Waals surface area contributed by atoms with Gasteiger partial charge in [-0.3, -0.25) is 9.98 Å². The number of carbonyl (C=O) groups is 1. The SMILES string of the molecule is Cc1ccc2nc(C)cc(OC(=O)c3ccccc3N=Cc3ccc(Cl)cc3)c2c1. The summed E-state index contributed by atoms with van der Waals surface area (Å²) in [4.78, 5) is 22.0. The Morgan fingerprint density at radius 1 is 1.00 bits per heavy atom. The summed E-state index contributed by atoms with van der Waals surface area (Å²) in [5, 5.41) is 1.46. The van der Waals surface area contributed by atoms with Crippen LogP contribution in [0.25, 0.3) is 10.9 Å². The summed E-state index contributed by atoms with van der Waals surface area (Å²) in [5.41, 5.74) is 4.44. The molecule has 0 saturated heterocycles. The van der Waals surface area contributed by atoms with Crippen molar-refractivity contribution in [1.82, 2.24) is 4.98 Å². The number of halogens is 1. The summed E-state index contributed by atoms with van der Waals surface area (Å²) >= 11 is 5.92. The Kier molecular flexibility index (Phi) is 5.59. The van der Waals surface area contributed by atoms with Crippen molar-refractivity contribution in [2.45, 2.75) is 13.8 Å². The van der Waals surface area contributed by atoms with E-state index in [9.17, 15) is 4.79 Å². The molecule has 148 valence electrons. The number of ether oxygens (including phenoxy) is 1. The topological polar surface area (TPSA) is 51.5 Å². The zero-order valence-electron chi connectivity index (χ0n) is 16.6. The number of hydrogen-bond donors (Lipinski definition) is 0. The molecule has 3 aromatic carbocycles. The average Bonchev–Trinajstić information content (AvgIpc) is 2.74. The summed E-state index contributed by atoms with van der Waals surface area (Å²) in [6, 6.07) is 22.1. The lowest BCUT2D eigenvalue weighted by atomic mass is 10.1. The number of hydrogen-bond acceptors (Lipinski definition) is 4. The summed E-state index contributed by atoms with van der Waals surface area (Å²) in [7, 11) is 0. The molecule has 1 aromatic heterocycles. The zero-order chi connectivity index (χ0) is 21.1. The first-order valence-electron chi connectivity index (χ1n) is 9.48. The summed E-state index contributed by atoms with van der Waals surface area (Å²) in [5.74, 6) is 0.0231. The largest absolute Gasteiger partial charge is 0.422 e. The number of benzene rings is 3. The number of fused-ring (bicyclic) bond motifs is 1. The lowest BCUT2D eigenvalue weighted by molar-refractivity contribution is 0.0738. The van der Waals surface area contributed by atoms with Crippen LogP contribution < -0.4 is 4.74 Å². The highest BCUT2D eigenvalue weighted by atomic mass is 35.5. The maximum absolute atomic E-state index is 13.0. The molecule has 5 heteroatoms. The Morgan fingerprint density at radius 3 is 2.57 bits per heavy atom. The lowest BCUT2D eigenvalue weighted by Crippen LogP contribution is -2.09. The molecule has 4 aromatic rings. The van der Waals surface area contributed by atoms with E-state index in [1.165, 1.54) is 0 Å². The maximum Gasteiger partial charge on any atom is 0.345 e. The van der Waals surface area contributed by atoms with Gasteiger partial charge in [-0.25, -0.2) is 4.79 Å². The van der Waals surface area contributed by atoms with E-state index in [2.05, 4.69) is 9.98 Å². The maximum atomic E-state index is 13.0. The smallest absolute Gasteiger partial charge is 0.345 e. The first-order valence-corrected chi connectivity index (χ1v) is 9.86. The molecule has 0 aliphatic heterocycles. The molecule has 0 spiro atoms. The van der Waals surface area contributed by atoms with E-state index in [0.717, 1.165) is 27.7 Å². The first-order chi connectivity index (χ1) is 14.5. The fraction of sp³-hybridized carbons (Fsp3) is 0.0800. The van der Waals surface area contributed by atoms with Crippen molar-refractivity contribution < 1.29 is 9.53 Å². The van der Waals surface area contributed by atoms with Gasteiger partial charge in [-0.2, -0.15) is 0 Å². The van der Waals surface area contributed by atoms with Crippen molar-refractivity contribution in [2.24, 2.45) is 4.99 Å². The molecule has 0 saturated carbocycles. The number of aliphatic imine (C=N–C) groups is 1. The molecular weight excluding hydrogens is 396 g/mol. The second kappa shape index (κ2) is 8.47. The van der Waals surface area contributed by atoms with E-state index in [1.54, 1.807) is 42.6 Å².